The maximum Gasteiger partial charge on any atom is 0.163 e. The van der Waals surface area contributed by atoms with Crippen molar-refractivity contribution in [3.05, 3.63) is 59.7 Å². The smallest absolute Gasteiger partial charge is 0.163 e. The molecule has 0 spiro atoms. The molecule has 2 aromatic carbocycles. The summed E-state index contributed by atoms with van der Waals surface area (Å²) in [6, 6.07) is 8.82. The molecule has 1 aliphatic heterocycles. The van der Waals surface area contributed by atoms with E-state index in [-0.39, 0.29) is 36.0 Å². The molecule has 0 saturated carbocycles. The first kappa shape index (κ1) is 28.8. The average Bonchev–Trinajstić information content (AvgIpc) is 2.91. The van der Waals surface area contributed by atoms with Gasteiger partial charge in [-0.3, -0.25) is 9.59 Å². The highest BCUT2D eigenvalue weighted by Crippen LogP contribution is 2.29. The molecule has 0 aliphatic carbocycles. The van der Waals surface area contributed by atoms with Gasteiger partial charge in [0.2, 0.25) is 0 Å². The fourth-order valence-corrected chi connectivity index (χ4v) is 3.70. The van der Waals surface area contributed by atoms with E-state index in [0.717, 1.165) is 0 Å². The topological polar surface area (TPSA) is 183 Å². The molecule has 11 heteroatoms. The van der Waals surface area contributed by atoms with Crippen molar-refractivity contribution >= 4 is 23.7 Å². The second-order valence-corrected chi connectivity index (χ2v) is 8.61. The van der Waals surface area contributed by atoms with Gasteiger partial charge in [-0.15, -0.1) is 0 Å². The maximum absolute atomic E-state index is 12.2. The number of ether oxygens (including phenoxy) is 3. The molecule has 1 fully saturated rings. The van der Waals surface area contributed by atoms with Crippen LogP contribution in [-0.2, 0) is 14.3 Å². The number of allylic oxidation sites excluding steroid dienone is 2. The summed E-state index contributed by atoms with van der Waals surface area (Å²) in [5.41, 5.74) is 1.08. The summed E-state index contributed by atoms with van der Waals surface area (Å²) >= 11 is 0. The average molecular weight is 531 g/mol. The standard InChI is InChI=1S/C27H30O11/c1-36-21-10-15(4-8-19(21)31)2-6-17(29)12-18(30)7-3-16-5-9-20(32)22(11-16)37-14-24-26(34)27(35)25(33)23(13-28)38-24/h2-11,23-28,31-35H,12-14H2,1H3/b6-2+,7-3+/t23-,24?,25-,26+,27+/m1/s1. The van der Waals surface area contributed by atoms with Gasteiger partial charge in [-0.25, -0.2) is 0 Å². The zero-order valence-corrected chi connectivity index (χ0v) is 20.5. The zero-order chi connectivity index (χ0) is 27.8. The van der Waals surface area contributed by atoms with Crippen molar-refractivity contribution in [3.63, 3.8) is 0 Å². The first-order valence-electron chi connectivity index (χ1n) is 11.7. The molecule has 204 valence electrons. The predicted octanol–water partition coefficient (Wildman–Crippen LogP) is 0.582. The van der Waals surface area contributed by atoms with Crippen molar-refractivity contribution in [1.29, 1.82) is 0 Å². The second kappa shape index (κ2) is 13.2. The monoisotopic (exact) mass is 530 g/mol. The number of phenols is 2. The molecular weight excluding hydrogens is 500 g/mol. The zero-order valence-electron chi connectivity index (χ0n) is 20.5. The molecule has 0 aromatic heterocycles. The van der Waals surface area contributed by atoms with Crippen LogP contribution in [0.4, 0.5) is 0 Å². The van der Waals surface area contributed by atoms with Gasteiger partial charge < -0.3 is 44.8 Å². The number of carbonyl (C=O) groups is 2. The van der Waals surface area contributed by atoms with E-state index in [1.807, 2.05) is 0 Å². The van der Waals surface area contributed by atoms with Gasteiger partial charge in [0.25, 0.3) is 0 Å². The molecule has 11 nitrogen and oxygen atoms in total. The molecule has 1 heterocycles. The van der Waals surface area contributed by atoms with Crippen LogP contribution in [0.3, 0.4) is 0 Å². The lowest BCUT2D eigenvalue weighted by Gasteiger charge is -2.39. The quantitative estimate of drug-likeness (QED) is 0.176. The summed E-state index contributed by atoms with van der Waals surface area (Å²) < 4.78 is 15.9. The molecule has 0 amide bonds. The Morgan fingerprint density at radius 2 is 1.37 bits per heavy atom. The Labute approximate surface area is 218 Å². The fraction of sp³-hybridized carbons (Fsp3) is 0.333. The van der Waals surface area contributed by atoms with Crippen molar-refractivity contribution < 1.29 is 54.4 Å². The predicted molar refractivity (Wildman–Crippen MR) is 135 cm³/mol. The van der Waals surface area contributed by atoms with Crippen LogP contribution in [0.2, 0.25) is 0 Å². The minimum Gasteiger partial charge on any atom is -0.504 e. The summed E-state index contributed by atoms with van der Waals surface area (Å²) in [5.74, 6) is -0.901. The number of methoxy groups -OCH3 is 1. The summed E-state index contributed by atoms with van der Waals surface area (Å²) in [7, 11) is 1.40. The lowest BCUT2D eigenvalue weighted by atomic mass is 9.95. The number of hydrogen-bond acceptors (Lipinski definition) is 11. The van der Waals surface area contributed by atoms with Gasteiger partial charge in [0.05, 0.1) is 20.1 Å². The lowest BCUT2D eigenvalue weighted by Crippen LogP contribution is -2.59. The van der Waals surface area contributed by atoms with Crippen molar-refractivity contribution in [2.75, 3.05) is 20.3 Å². The Morgan fingerprint density at radius 3 is 1.92 bits per heavy atom. The van der Waals surface area contributed by atoms with E-state index in [4.69, 9.17) is 14.2 Å². The van der Waals surface area contributed by atoms with Crippen molar-refractivity contribution in [2.45, 2.75) is 36.9 Å². The Hall–Kier alpha value is -3.74. The summed E-state index contributed by atoms with van der Waals surface area (Å²) in [6.45, 7) is -0.889. The van der Waals surface area contributed by atoms with Gasteiger partial charge in [-0.05, 0) is 47.5 Å². The van der Waals surface area contributed by atoms with Gasteiger partial charge in [-0.2, -0.15) is 0 Å². The van der Waals surface area contributed by atoms with E-state index in [2.05, 4.69) is 0 Å². The minimum atomic E-state index is -1.55. The highest BCUT2D eigenvalue weighted by atomic mass is 16.6. The Bertz CT molecular complexity index is 1190. The maximum atomic E-state index is 12.2. The Balaban J connectivity index is 1.57. The largest absolute Gasteiger partial charge is 0.504 e. The summed E-state index contributed by atoms with van der Waals surface area (Å²) in [4.78, 5) is 24.4. The highest BCUT2D eigenvalue weighted by Gasteiger charge is 2.43. The van der Waals surface area contributed by atoms with Crippen LogP contribution in [0.15, 0.2) is 48.6 Å². The van der Waals surface area contributed by atoms with Crippen LogP contribution in [0.1, 0.15) is 17.5 Å². The number of phenolic OH excluding ortho intramolecular Hbond substituents is 2. The molecule has 1 aliphatic rings. The first-order chi connectivity index (χ1) is 18.1. The molecule has 3 rings (SSSR count). The molecule has 2 aromatic rings. The number of aromatic hydroxyl groups is 2. The lowest BCUT2D eigenvalue weighted by molar-refractivity contribution is -0.234. The number of aliphatic hydroxyl groups is 4. The van der Waals surface area contributed by atoms with E-state index in [1.54, 1.807) is 12.1 Å². The molecule has 1 unspecified atom stereocenters. The number of hydrogen-bond donors (Lipinski definition) is 6. The van der Waals surface area contributed by atoms with E-state index < -0.39 is 48.7 Å². The molecule has 5 atom stereocenters. The second-order valence-electron chi connectivity index (χ2n) is 8.61. The number of ketones is 2. The van der Waals surface area contributed by atoms with E-state index in [1.165, 1.54) is 55.7 Å². The Morgan fingerprint density at radius 1 is 0.842 bits per heavy atom. The molecule has 6 N–H and O–H groups in total. The van der Waals surface area contributed by atoms with Crippen LogP contribution < -0.4 is 9.47 Å². The minimum absolute atomic E-state index is 0.0000973. The van der Waals surface area contributed by atoms with Crippen LogP contribution >= 0.6 is 0 Å². The van der Waals surface area contributed by atoms with Crippen LogP contribution in [-0.4, -0.2) is 93.0 Å². The first-order valence-corrected chi connectivity index (χ1v) is 11.7. The fourth-order valence-electron chi connectivity index (χ4n) is 3.70. The van der Waals surface area contributed by atoms with E-state index in [0.29, 0.717) is 11.1 Å². The Kier molecular flexibility index (Phi) is 9.99. The molecule has 1 saturated heterocycles. The van der Waals surface area contributed by atoms with Crippen LogP contribution in [0.5, 0.6) is 23.0 Å². The van der Waals surface area contributed by atoms with Crippen LogP contribution in [0, 0.1) is 0 Å². The van der Waals surface area contributed by atoms with Gasteiger partial charge in [0.1, 0.15) is 37.1 Å². The SMILES string of the molecule is COc1cc(/C=C/C(=O)CC(=O)/C=C/c2ccc(O)c(OCC3O[C@H](CO)[C@@H](O)[C@H](O)[C@H]3O)c2)ccc1O. The van der Waals surface area contributed by atoms with Crippen molar-refractivity contribution in [1.82, 2.24) is 0 Å². The molecule has 0 bridgehead atoms. The van der Waals surface area contributed by atoms with Crippen molar-refractivity contribution in [2.24, 2.45) is 0 Å². The molecular formula is C27H30O11. The third-order valence-corrected chi connectivity index (χ3v) is 5.85. The number of aliphatic hydroxyl groups excluding tert-OH is 4. The van der Waals surface area contributed by atoms with Gasteiger partial charge >= 0.3 is 0 Å². The molecule has 38 heavy (non-hydrogen) atoms. The van der Waals surface area contributed by atoms with Crippen LogP contribution in [0.25, 0.3) is 12.2 Å². The number of carbonyl (C=O) groups excluding carboxylic acids is 2. The molecule has 0 radical (unpaired) electrons. The summed E-state index contributed by atoms with van der Waals surface area (Å²) in [5, 5.41) is 58.9. The van der Waals surface area contributed by atoms with E-state index in [9.17, 15) is 40.2 Å². The number of benzene rings is 2. The normalized spacial score (nSPS) is 23.6. The number of rotatable bonds is 11. The van der Waals surface area contributed by atoms with Gasteiger partial charge in [0.15, 0.2) is 34.6 Å². The highest BCUT2D eigenvalue weighted by molar-refractivity contribution is 6.10. The third kappa shape index (κ3) is 7.40. The van der Waals surface area contributed by atoms with Crippen molar-refractivity contribution in [3.8, 4) is 23.0 Å². The third-order valence-electron chi connectivity index (χ3n) is 5.85. The van der Waals surface area contributed by atoms with Gasteiger partial charge in [0, 0.05) is 0 Å². The summed E-state index contributed by atoms with van der Waals surface area (Å²) in [6.07, 6.45) is -1.69. The van der Waals surface area contributed by atoms with Gasteiger partial charge in [-0.1, -0.05) is 24.3 Å². The van der Waals surface area contributed by atoms with E-state index >= 15 is 0 Å².